The summed E-state index contributed by atoms with van der Waals surface area (Å²) in [4.78, 5) is 0. The molecule has 0 amide bonds. The molecule has 0 atom stereocenters. The van der Waals surface area contributed by atoms with E-state index in [1.807, 2.05) is 0 Å². The number of rotatable bonds is 0. The molecule has 4 nitrogen and oxygen atoms in total. The molecule has 0 rings (SSSR count). The average molecular weight is 350 g/mol. The molecule has 0 saturated carbocycles. The second kappa shape index (κ2) is 63.8. The summed E-state index contributed by atoms with van der Waals surface area (Å²) in [5.41, 5.74) is 0. The van der Waals surface area contributed by atoms with Crippen LogP contribution >= 0.6 is 0 Å². The van der Waals surface area contributed by atoms with Gasteiger partial charge in [0.05, 0.1) is 0 Å². The molecule has 0 aromatic carbocycles. The van der Waals surface area contributed by atoms with Crippen molar-refractivity contribution in [1.29, 1.82) is 0 Å². The quantitative estimate of drug-likeness (QED) is 0.403. The number of hydrogen-bond acceptors (Lipinski definition) is 0. The minimum atomic E-state index is 0. The van der Waals surface area contributed by atoms with E-state index >= 15 is 0 Å². The molecule has 0 aromatic heterocycles. The summed E-state index contributed by atoms with van der Waals surface area (Å²) >= 11 is 0. The molecule has 0 spiro atoms. The summed E-state index contributed by atoms with van der Waals surface area (Å²) in [6.07, 6.45) is 0. The van der Waals surface area contributed by atoms with E-state index in [1.54, 1.807) is 0 Å². The van der Waals surface area contributed by atoms with Crippen LogP contribution in [0, 0.1) is 0 Å². The molecule has 0 saturated heterocycles. The van der Waals surface area contributed by atoms with E-state index in [1.165, 1.54) is 0 Å². The van der Waals surface area contributed by atoms with Crippen molar-refractivity contribution in [1.82, 2.24) is 0 Å². The third kappa shape index (κ3) is 48.9. The molecule has 0 unspecified atom stereocenters. The molecule has 0 aliphatic rings. The van der Waals surface area contributed by atoms with Crippen molar-refractivity contribution in [3.05, 3.63) is 0 Å². The summed E-state index contributed by atoms with van der Waals surface area (Å²) in [5.74, 6) is 0. The van der Waals surface area contributed by atoms with Crippen molar-refractivity contribution >= 4 is 48.9 Å². The second-order valence-corrected chi connectivity index (χ2v) is 0. The first-order valence-electron chi connectivity index (χ1n) is 0. The van der Waals surface area contributed by atoms with Crippen molar-refractivity contribution < 1.29 is 72.7 Å². The van der Waals surface area contributed by atoms with E-state index in [-0.39, 0.29) is 122 Å². The number of hydrogen-bond donors (Lipinski definition) is 0. The molecule has 8 N–H and O–H groups in total. The summed E-state index contributed by atoms with van der Waals surface area (Å²) in [6, 6.07) is 0. The third-order valence-electron chi connectivity index (χ3n) is 0. The Kier molecular flexibility index (Phi) is 818. The standard InChI is InChI=1S/Ba.4H2O.Ti.Zr.2H/h;4*1H2;;;;/q+2;;;;;;;2*-1. The van der Waals surface area contributed by atoms with Crippen LogP contribution in [0.4, 0.5) is 0 Å². The monoisotopic (exact) mass is 350 g/mol. The fourth-order valence-electron chi connectivity index (χ4n) is 0. The van der Waals surface area contributed by atoms with Crippen LogP contribution in [0.1, 0.15) is 2.85 Å². The molecule has 0 aliphatic carbocycles. The van der Waals surface area contributed by atoms with Crippen molar-refractivity contribution in [3.63, 3.8) is 0 Å². The van der Waals surface area contributed by atoms with Gasteiger partial charge in [-0.15, -0.1) is 0 Å². The van der Waals surface area contributed by atoms with Gasteiger partial charge in [-0.1, -0.05) is 0 Å². The van der Waals surface area contributed by atoms with Gasteiger partial charge in [-0.25, -0.2) is 0 Å². The van der Waals surface area contributed by atoms with Crippen LogP contribution in [-0.4, -0.2) is 70.8 Å². The molecule has 0 aromatic rings. The minimum absolute atomic E-state index is 0. The molecule has 0 heterocycles. The zero-order valence-corrected chi connectivity index (χ0v) is 12.2. The minimum Gasteiger partial charge on any atom is -1.00 e. The molecular weight excluding hydrogens is 340 g/mol. The van der Waals surface area contributed by atoms with Crippen LogP contribution < -0.4 is 0 Å². The van der Waals surface area contributed by atoms with Gasteiger partial charge in [0.15, 0.2) is 0 Å². The Hall–Kier alpha value is 3.01. The zero-order chi connectivity index (χ0) is 0. The first kappa shape index (κ1) is 89.7. The molecule has 0 aliphatic heterocycles. The average Bonchev–Trinajstić information content (AvgIpc) is 0. The SMILES string of the molecule is O.O.O.O.[Ba+2].[H-].[H-].[Ti].[Zr]. The Labute approximate surface area is 119 Å². The maximum Gasteiger partial charge on any atom is 2.00 e. The van der Waals surface area contributed by atoms with E-state index in [4.69, 9.17) is 0 Å². The van der Waals surface area contributed by atoms with Gasteiger partial charge >= 0.3 is 48.9 Å². The normalized spacial score (nSPS) is 0. The topological polar surface area (TPSA) is 126 Å². The van der Waals surface area contributed by atoms with E-state index < -0.39 is 0 Å². The van der Waals surface area contributed by atoms with E-state index in [9.17, 15) is 0 Å². The van der Waals surface area contributed by atoms with E-state index in [0.717, 1.165) is 0 Å². The maximum atomic E-state index is 0. The van der Waals surface area contributed by atoms with Crippen LogP contribution in [0.25, 0.3) is 0 Å². The van der Waals surface area contributed by atoms with Gasteiger partial charge in [0.25, 0.3) is 0 Å². The molecule has 0 bridgehead atoms. The zero-order valence-electron chi connectivity index (χ0n) is 5.71. The van der Waals surface area contributed by atoms with Crippen LogP contribution in [0.2, 0.25) is 0 Å². The van der Waals surface area contributed by atoms with Gasteiger partial charge in [-0.3, -0.25) is 0 Å². The Morgan fingerprint density at radius 1 is 0.714 bits per heavy atom. The largest absolute Gasteiger partial charge is 2.00 e. The van der Waals surface area contributed by atoms with Gasteiger partial charge in [0, 0.05) is 47.9 Å². The third-order valence-corrected chi connectivity index (χ3v) is 0. The first-order valence-corrected chi connectivity index (χ1v) is 0. The van der Waals surface area contributed by atoms with Gasteiger partial charge in [0.2, 0.25) is 0 Å². The Morgan fingerprint density at radius 2 is 0.714 bits per heavy atom. The van der Waals surface area contributed by atoms with Gasteiger partial charge in [-0.05, 0) is 0 Å². The molecule has 44 valence electrons. The molecule has 7 heteroatoms. The molecule has 0 radical (unpaired) electrons. The van der Waals surface area contributed by atoms with Crippen LogP contribution in [0.3, 0.4) is 0 Å². The second-order valence-electron chi connectivity index (χ2n) is 0. The fourth-order valence-corrected chi connectivity index (χ4v) is 0. The van der Waals surface area contributed by atoms with Crippen LogP contribution in [-0.2, 0) is 47.9 Å². The van der Waals surface area contributed by atoms with Crippen molar-refractivity contribution in [2.75, 3.05) is 0 Å². The fraction of sp³-hybridized carbons (Fsp3) is 0. The van der Waals surface area contributed by atoms with E-state index in [0.29, 0.717) is 0 Å². The summed E-state index contributed by atoms with van der Waals surface area (Å²) in [5, 5.41) is 0. The molecule has 0 fully saturated rings. The smallest absolute Gasteiger partial charge is 1.00 e. The summed E-state index contributed by atoms with van der Waals surface area (Å²) in [7, 11) is 0. The molecule has 7 heavy (non-hydrogen) atoms. The Morgan fingerprint density at radius 3 is 0.714 bits per heavy atom. The van der Waals surface area contributed by atoms with Crippen molar-refractivity contribution in [3.8, 4) is 0 Å². The van der Waals surface area contributed by atoms with Crippen LogP contribution in [0.5, 0.6) is 0 Å². The molecular formula is H10BaO4TiZr. The predicted octanol–water partition coefficient (Wildman–Crippen LogP) is -3.46. The maximum absolute atomic E-state index is 0. The first-order chi connectivity index (χ1) is 0. The Bertz CT molecular complexity index is 18.5. The van der Waals surface area contributed by atoms with Gasteiger partial charge in [-0.2, -0.15) is 0 Å². The van der Waals surface area contributed by atoms with E-state index in [2.05, 4.69) is 0 Å². The van der Waals surface area contributed by atoms with Gasteiger partial charge in [0.1, 0.15) is 0 Å². The van der Waals surface area contributed by atoms with Gasteiger partial charge < -0.3 is 24.8 Å². The van der Waals surface area contributed by atoms with Crippen molar-refractivity contribution in [2.24, 2.45) is 0 Å². The van der Waals surface area contributed by atoms with Crippen LogP contribution in [0.15, 0.2) is 0 Å². The Balaban J connectivity index is 0. The summed E-state index contributed by atoms with van der Waals surface area (Å²) in [6.45, 7) is 0. The van der Waals surface area contributed by atoms with Crippen molar-refractivity contribution in [2.45, 2.75) is 0 Å². The summed E-state index contributed by atoms with van der Waals surface area (Å²) < 4.78 is 0. The predicted molar refractivity (Wildman–Crippen MR) is 22.4 cm³/mol.